The Labute approximate surface area is 150 Å². The van der Waals surface area contributed by atoms with E-state index < -0.39 is 0 Å². The number of thiazole rings is 1. The van der Waals surface area contributed by atoms with E-state index in [1.807, 2.05) is 44.4 Å². The maximum Gasteiger partial charge on any atom is 0.239 e. The number of rotatable bonds is 5. The lowest BCUT2D eigenvalue weighted by Crippen LogP contribution is -2.46. The lowest BCUT2D eigenvalue weighted by molar-refractivity contribution is -0.126. The topological polar surface area (TPSA) is 71.1 Å². The first-order valence-corrected chi connectivity index (χ1v) is 8.77. The molecule has 0 aliphatic carbocycles. The molecule has 0 spiro atoms. The molecule has 0 radical (unpaired) electrons. The van der Waals surface area contributed by atoms with Crippen LogP contribution in [0.2, 0.25) is 5.02 Å². The van der Waals surface area contributed by atoms with Gasteiger partial charge in [-0.2, -0.15) is 0 Å². The molecule has 2 aromatic rings. The second-order valence-electron chi connectivity index (χ2n) is 6.38. The highest BCUT2D eigenvalue weighted by molar-refractivity contribution is 7.13. The summed E-state index contributed by atoms with van der Waals surface area (Å²) in [7, 11) is 0. The average molecular weight is 366 g/mol. The lowest BCUT2D eigenvalue weighted by Gasteiger charge is -2.20. The quantitative estimate of drug-likeness (QED) is 0.855. The molecule has 1 aromatic heterocycles. The Morgan fingerprint density at radius 1 is 1.21 bits per heavy atom. The van der Waals surface area contributed by atoms with Gasteiger partial charge in [-0.3, -0.25) is 9.59 Å². The zero-order valence-electron chi connectivity index (χ0n) is 13.9. The van der Waals surface area contributed by atoms with Crippen LogP contribution in [0.3, 0.4) is 0 Å². The van der Waals surface area contributed by atoms with Crippen LogP contribution in [0.15, 0.2) is 29.6 Å². The fourth-order valence-corrected chi connectivity index (χ4v) is 3.15. The minimum absolute atomic E-state index is 0.0440. The van der Waals surface area contributed by atoms with Gasteiger partial charge < -0.3 is 10.6 Å². The number of carbonyl (C=O) groups excluding carboxylic acids is 2. The smallest absolute Gasteiger partial charge is 0.239 e. The number of hydrogen-bond acceptors (Lipinski definition) is 4. The number of amides is 2. The summed E-state index contributed by atoms with van der Waals surface area (Å²) < 4.78 is 0. The molecule has 2 rings (SSSR count). The predicted octanol–water partition coefficient (Wildman–Crippen LogP) is 3.04. The van der Waals surface area contributed by atoms with E-state index in [4.69, 9.17) is 11.6 Å². The highest BCUT2D eigenvalue weighted by atomic mass is 35.5. The van der Waals surface area contributed by atoms with Gasteiger partial charge >= 0.3 is 0 Å². The van der Waals surface area contributed by atoms with Crippen molar-refractivity contribution in [2.75, 3.05) is 6.54 Å². The molecule has 0 unspecified atom stereocenters. The summed E-state index contributed by atoms with van der Waals surface area (Å²) in [5.74, 6) is -0.457. The van der Waals surface area contributed by atoms with Gasteiger partial charge in [0.2, 0.25) is 11.8 Å². The third-order valence-corrected chi connectivity index (χ3v) is 4.21. The monoisotopic (exact) mass is 365 g/mol. The molecule has 0 saturated carbocycles. The first-order chi connectivity index (χ1) is 11.2. The van der Waals surface area contributed by atoms with Crippen molar-refractivity contribution in [1.82, 2.24) is 15.6 Å². The van der Waals surface area contributed by atoms with Crippen molar-refractivity contribution < 1.29 is 9.59 Å². The molecule has 0 atom stereocenters. The highest BCUT2D eigenvalue weighted by Gasteiger charge is 2.15. The Morgan fingerprint density at radius 3 is 2.58 bits per heavy atom. The SMILES string of the molecule is CC(C)(C)NC(=O)CNC(=O)Cc1csc(-c2ccccc2Cl)n1. The van der Waals surface area contributed by atoms with E-state index in [0.717, 1.165) is 10.6 Å². The first kappa shape index (κ1) is 18.4. The van der Waals surface area contributed by atoms with E-state index in [-0.39, 0.29) is 30.3 Å². The van der Waals surface area contributed by atoms with Gasteiger partial charge in [-0.25, -0.2) is 4.98 Å². The molecule has 2 N–H and O–H groups in total. The van der Waals surface area contributed by atoms with Crippen molar-refractivity contribution in [3.8, 4) is 10.6 Å². The van der Waals surface area contributed by atoms with E-state index in [1.165, 1.54) is 11.3 Å². The fourth-order valence-electron chi connectivity index (χ4n) is 2.01. The second kappa shape index (κ2) is 7.77. The molecule has 0 aliphatic heterocycles. The van der Waals surface area contributed by atoms with Crippen molar-refractivity contribution in [3.63, 3.8) is 0 Å². The maximum atomic E-state index is 11.9. The summed E-state index contributed by atoms with van der Waals surface area (Å²) >= 11 is 7.59. The van der Waals surface area contributed by atoms with Gasteiger partial charge in [0.1, 0.15) is 5.01 Å². The summed E-state index contributed by atoms with van der Waals surface area (Å²) in [6.45, 7) is 5.62. The van der Waals surface area contributed by atoms with Crippen LogP contribution in [0.4, 0.5) is 0 Å². The summed E-state index contributed by atoms with van der Waals surface area (Å²) in [4.78, 5) is 28.1. The standard InChI is InChI=1S/C17H20ClN3O2S/c1-17(2,3)21-15(23)9-19-14(22)8-11-10-24-16(20-11)12-6-4-5-7-13(12)18/h4-7,10H,8-9H2,1-3H3,(H,19,22)(H,21,23). The van der Waals surface area contributed by atoms with Crippen molar-refractivity contribution >= 4 is 34.8 Å². The zero-order chi connectivity index (χ0) is 17.7. The van der Waals surface area contributed by atoms with Crippen molar-refractivity contribution in [1.29, 1.82) is 0 Å². The van der Waals surface area contributed by atoms with Gasteiger partial charge in [0, 0.05) is 16.5 Å². The maximum absolute atomic E-state index is 11.9. The van der Waals surface area contributed by atoms with E-state index in [1.54, 1.807) is 6.07 Å². The number of nitrogens with one attached hydrogen (secondary N) is 2. The molecular weight excluding hydrogens is 346 g/mol. The zero-order valence-corrected chi connectivity index (χ0v) is 15.4. The molecule has 128 valence electrons. The van der Waals surface area contributed by atoms with Gasteiger partial charge in [-0.1, -0.05) is 29.8 Å². The van der Waals surface area contributed by atoms with Crippen LogP contribution >= 0.6 is 22.9 Å². The molecule has 7 heteroatoms. The Balaban J connectivity index is 1.89. The molecule has 5 nitrogen and oxygen atoms in total. The summed E-state index contributed by atoms with van der Waals surface area (Å²) in [5, 5.41) is 8.62. The van der Waals surface area contributed by atoms with Crippen LogP contribution in [0.1, 0.15) is 26.5 Å². The Bertz CT molecular complexity index is 737. The van der Waals surface area contributed by atoms with Crippen LogP contribution in [-0.2, 0) is 16.0 Å². The molecule has 1 aromatic carbocycles. The third-order valence-electron chi connectivity index (χ3n) is 2.96. The molecule has 0 saturated heterocycles. The van der Waals surface area contributed by atoms with Gasteiger partial charge in [-0.15, -0.1) is 11.3 Å². The van der Waals surface area contributed by atoms with E-state index in [2.05, 4.69) is 15.6 Å². The summed E-state index contributed by atoms with van der Waals surface area (Å²) in [6, 6.07) is 7.44. The predicted molar refractivity (Wildman–Crippen MR) is 97.2 cm³/mol. The number of halogens is 1. The van der Waals surface area contributed by atoms with Crippen LogP contribution in [0.5, 0.6) is 0 Å². The molecule has 0 aliphatic rings. The Kier molecular flexibility index (Phi) is 5.96. The molecule has 2 amide bonds. The minimum Gasteiger partial charge on any atom is -0.350 e. The van der Waals surface area contributed by atoms with Gasteiger partial charge in [0.05, 0.1) is 23.7 Å². The highest BCUT2D eigenvalue weighted by Crippen LogP contribution is 2.30. The fraction of sp³-hybridized carbons (Fsp3) is 0.353. The molecule has 1 heterocycles. The average Bonchev–Trinajstić information content (AvgIpc) is 2.92. The largest absolute Gasteiger partial charge is 0.350 e. The van der Waals surface area contributed by atoms with Crippen LogP contribution in [0.25, 0.3) is 10.6 Å². The van der Waals surface area contributed by atoms with Crippen molar-refractivity contribution in [2.45, 2.75) is 32.7 Å². The van der Waals surface area contributed by atoms with Crippen LogP contribution < -0.4 is 10.6 Å². The lowest BCUT2D eigenvalue weighted by atomic mass is 10.1. The van der Waals surface area contributed by atoms with E-state index >= 15 is 0 Å². The Morgan fingerprint density at radius 2 is 1.92 bits per heavy atom. The van der Waals surface area contributed by atoms with E-state index in [0.29, 0.717) is 10.7 Å². The number of aromatic nitrogens is 1. The number of nitrogens with zero attached hydrogens (tertiary/aromatic N) is 1. The summed E-state index contributed by atoms with van der Waals surface area (Å²) in [6.07, 6.45) is 0.129. The molecule has 24 heavy (non-hydrogen) atoms. The van der Waals surface area contributed by atoms with Crippen LogP contribution in [0, 0.1) is 0 Å². The van der Waals surface area contributed by atoms with Crippen molar-refractivity contribution in [2.24, 2.45) is 0 Å². The van der Waals surface area contributed by atoms with Gasteiger partial charge in [0.25, 0.3) is 0 Å². The molecular formula is C17H20ClN3O2S. The number of hydrogen-bond donors (Lipinski definition) is 2. The van der Waals surface area contributed by atoms with Crippen LogP contribution in [-0.4, -0.2) is 28.9 Å². The van der Waals surface area contributed by atoms with Crippen molar-refractivity contribution in [3.05, 3.63) is 40.4 Å². The number of carbonyl (C=O) groups is 2. The molecule has 0 fully saturated rings. The normalized spacial score (nSPS) is 11.2. The summed E-state index contributed by atoms with van der Waals surface area (Å²) in [5.41, 5.74) is 1.18. The van der Waals surface area contributed by atoms with Gasteiger partial charge in [-0.05, 0) is 26.8 Å². The first-order valence-electron chi connectivity index (χ1n) is 7.51. The van der Waals surface area contributed by atoms with Gasteiger partial charge in [0.15, 0.2) is 0 Å². The third kappa shape index (κ3) is 5.62. The molecule has 0 bridgehead atoms. The Hall–Kier alpha value is -1.92. The minimum atomic E-state index is -0.319. The second-order valence-corrected chi connectivity index (χ2v) is 7.64. The number of benzene rings is 1. The van der Waals surface area contributed by atoms with E-state index in [9.17, 15) is 9.59 Å².